The monoisotopic (exact) mass is 392 g/mol. The largest absolute Gasteiger partial charge is 0.440 e. The molecule has 1 amide bonds. The van der Waals surface area contributed by atoms with E-state index in [1.54, 1.807) is 35.0 Å². The van der Waals surface area contributed by atoms with Gasteiger partial charge in [0.2, 0.25) is 0 Å². The number of fused-ring (bicyclic) bond motifs is 1. The van der Waals surface area contributed by atoms with Crippen molar-refractivity contribution in [3.05, 3.63) is 71.6 Å². The van der Waals surface area contributed by atoms with Crippen molar-refractivity contribution in [3.8, 4) is 5.69 Å². The Bertz CT molecular complexity index is 1180. The van der Waals surface area contributed by atoms with Crippen LogP contribution in [0.3, 0.4) is 0 Å². The van der Waals surface area contributed by atoms with Crippen molar-refractivity contribution >= 4 is 22.7 Å². The Balaban J connectivity index is 1.61. The lowest BCUT2D eigenvalue weighted by Gasteiger charge is -2.08. The Hall–Kier alpha value is -3.48. The number of hydrogen-bond acceptors (Lipinski definition) is 4. The summed E-state index contributed by atoms with van der Waals surface area (Å²) in [4.78, 5) is 17.3. The van der Waals surface area contributed by atoms with Gasteiger partial charge in [0.1, 0.15) is 11.3 Å². The highest BCUT2D eigenvalue weighted by Crippen LogP contribution is 2.24. The number of carbonyl (C=O) groups excluding carboxylic acids is 1. The summed E-state index contributed by atoms with van der Waals surface area (Å²) >= 11 is 0. The maximum absolute atomic E-state index is 13.2. The number of nitrogens with one attached hydrogen (secondary N) is 1. The first-order valence-corrected chi connectivity index (χ1v) is 9.51. The minimum absolute atomic E-state index is 0.185. The minimum Gasteiger partial charge on any atom is -0.440 e. The van der Waals surface area contributed by atoms with Gasteiger partial charge in [-0.1, -0.05) is 20.8 Å². The van der Waals surface area contributed by atoms with E-state index in [0.717, 1.165) is 5.69 Å². The molecule has 0 radical (unpaired) electrons. The molecule has 6 nitrogen and oxygen atoms in total. The zero-order chi connectivity index (χ0) is 20.5. The van der Waals surface area contributed by atoms with Crippen LogP contribution in [0.1, 0.15) is 48.6 Å². The van der Waals surface area contributed by atoms with E-state index in [-0.39, 0.29) is 17.6 Å². The smallest absolute Gasteiger partial charge is 0.259 e. The second-order valence-corrected chi connectivity index (χ2v) is 7.09. The van der Waals surface area contributed by atoms with Gasteiger partial charge in [0.15, 0.2) is 11.5 Å². The number of amides is 1. The fourth-order valence-electron chi connectivity index (χ4n) is 3.18. The molecule has 7 heteroatoms. The molecule has 2 heterocycles. The fraction of sp³-hybridized carbons (Fsp3) is 0.227. The molecule has 0 unspecified atom stereocenters. The Morgan fingerprint density at radius 1 is 1.21 bits per heavy atom. The molecule has 4 rings (SSSR count). The summed E-state index contributed by atoms with van der Waals surface area (Å²) in [6.45, 7) is 5.97. The zero-order valence-electron chi connectivity index (χ0n) is 16.4. The van der Waals surface area contributed by atoms with Crippen LogP contribution in [0.2, 0.25) is 0 Å². The van der Waals surface area contributed by atoms with E-state index >= 15 is 0 Å². The minimum atomic E-state index is -0.319. The lowest BCUT2D eigenvalue weighted by atomic mass is 10.1. The highest BCUT2D eigenvalue weighted by atomic mass is 19.1. The highest BCUT2D eigenvalue weighted by Gasteiger charge is 2.18. The van der Waals surface area contributed by atoms with Crippen molar-refractivity contribution in [1.29, 1.82) is 0 Å². The standard InChI is InChI=1S/C22H21FN4O2/c1-4-19-17(12-24-27(19)16-8-5-14(23)6-9-16)21(28)25-15-7-10-20-18(11-15)26-22(29-20)13(2)3/h5-13H,4H2,1-3H3,(H,25,28). The number of benzene rings is 2. The molecular weight excluding hydrogens is 371 g/mol. The number of hydrogen-bond donors (Lipinski definition) is 1. The molecule has 0 spiro atoms. The van der Waals surface area contributed by atoms with Crippen LogP contribution in [-0.2, 0) is 6.42 Å². The lowest BCUT2D eigenvalue weighted by Crippen LogP contribution is -2.14. The van der Waals surface area contributed by atoms with Crippen LogP contribution >= 0.6 is 0 Å². The van der Waals surface area contributed by atoms with Crippen molar-refractivity contribution < 1.29 is 13.6 Å². The van der Waals surface area contributed by atoms with Gasteiger partial charge in [-0.25, -0.2) is 14.1 Å². The van der Waals surface area contributed by atoms with Crippen molar-refractivity contribution in [3.63, 3.8) is 0 Å². The van der Waals surface area contributed by atoms with Gasteiger partial charge >= 0.3 is 0 Å². The first-order valence-electron chi connectivity index (χ1n) is 9.51. The van der Waals surface area contributed by atoms with E-state index in [9.17, 15) is 9.18 Å². The molecule has 2 aromatic carbocycles. The maximum atomic E-state index is 13.2. The fourth-order valence-corrected chi connectivity index (χ4v) is 3.18. The molecular formula is C22H21FN4O2. The normalized spacial score (nSPS) is 11.3. The van der Waals surface area contributed by atoms with Gasteiger partial charge < -0.3 is 9.73 Å². The summed E-state index contributed by atoms with van der Waals surface area (Å²) in [5, 5.41) is 7.23. The van der Waals surface area contributed by atoms with Crippen LogP contribution in [0.5, 0.6) is 0 Å². The van der Waals surface area contributed by atoms with E-state index < -0.39 is 0 Å². The van der Waals surface area contributed by atoms with Crippen molar-refractivity contribution in [2.45, 2.75) is 33.1 Å². The molecule has 148 valence electrons. The molecule has 0 atom stereocenters. The summed E-state index contributed by atoms with van der Waals surface area (Å²) in [6.07, 6.45) is 2.13. The average molecular weight is 392 g/mol. The molecule has 0 aliphatic rings. The third-order valence-electron chi connectivity index (χ3n) is 4.68. The van der Waals surface area contributed by atoms with Gasteiger partial charge in [0, 0.05) is 11.6 Å². The van der Waals surface area contributed by atoms with E-state index in [1.165, 1.54) is 18.3 Å². The Morgan fingerprint density at radius 2 is 1.97 bits per heavy atom. The van der Waals surface area contributed by atoms with Gasteiger partial charge in [-0.3, -0.25) is 4.79 Å². The first kappa shape index (κ1) is 18.9. The Morgan fingerprint density at radius 3 is 2.66 bits per heavy atom. The van der Waals surface area contributed by atoms with Crippen molar-refractivity contribution in [2.24, 2.45) is 0 Å². The Labute approximate surface area is 167 Å². The van der Waals surface area contributed by atoms with Crippen LogP contribution in [0.25, 0.3) is 16.8 Å². The molecule has 0 saturated carbocycles. The zero-order valence-corrected chi connectivity index (χ0v) is 16.4. The van der Waals surface area contributed by atoms with Crippen LogP contribution < -0.4 is 5.32 Å². The Kier molecular flexibility index (Phi) is 4.88. The molecule has 2 aromatic heterocycles. The lowest BCUT2D eigenvalue weighted by molar-refractivity contribution is 0.102. The molecule has 29 heavy (non-hydrogen) atoms. The quantitative estimate of drug-likeness (QED) is 0.513. The van der Waals surface area contributed by atoms with Gasteiger partial charge in [-0.2, -0.15) is 5.10 Å². The molecule has 1 N–H and O–H groups in total. The van der Waals surface area contributed by atoms with Crippen LogP contribution in [0.4, 0.5) is 10.1 Å². The average Bonchev–Trinajstić information content (AvgIpc) is 3.32. The van der Waals surface area contributed by atoms with E-state index in [0.29, 0.717) is 40.3 Å². The molecule has 0 aliphatic heterocycles. The topological polar surface area (TPSA) is 73.0 Å². The predicted molar refractivity (Wildman–Crippen MR) is 109 cm³/mol. The molecule has 0 aliphatic carbocycles. The van der Waals surface area contributed by atoms with Crippen LogP contribution in [-0.4, -0.2) is 20.7 Å². The number of carbonyl (C=O) groups is 1. The number of anilines is 1. The van der Waals surface area contributed by atoms with Gasteiger partial charge in [0.25, 0.3) is 5.91 Å². The molecule has 0 bridgehead atoms. The summed E-state index contributed by atoms with van der Waals surface area (Å²) in [5.41, 5.74) is 3.93. The second-order valence-electron chi connectivity index (χ2n) is 7.09. The van der Waals surface area contributed by atoms with Crippen molar-refractivity contribution in [1.82, 2.24) is 14.8 Å². The summed E-state index contributed by atoms with van der Waals surface area (Å²) in [6, 6.07) is 11.4. The number of halogens is 1. The van der Waals surface area contributed by atoms with Gasteiger partial charge in [-0.15, -0.1) is 0 Å². The third kappa shape index (κ3) is 3.63. The predicted octanol–water partition coefficient (Wildman–Crippen LogP) is 5.09. The van der Waals surface area contributed by atoms with Crippen LogP contribution in [0.15, 0.2) is 53.1 Å². The number of rotatable bonds is 5. The molecule has 4 aromatic rings. The van der Waals surface area contributed by atoms with Crippen molar-refractivity contribution in [2.75, 3.05) is 5.32 Å². The SMILES string of the molecule is CCc1c(C(=O)Nc2ccc3oc(C(C)C)nc3c2)cnn1-c1ccc(F)cc1. The summed E-state index contributed by atoms with van der Waals surface area (Å²) < 4.78 is 20.6. The van der Waals surface area contributed by atoms with Gasteiger partial charge in [-0.05, 0) is 48.9 Å². The first-order chi connectivity index (χ1) is 14.0. The summed E-state index contributed by atoms with van der Waals surface area (Å²) in [5.74, 6) is 0.269. The molecule has 0 fully saturated rings. The number of nitrogens with zero attached hydrogens (tertiary/aromatic N) is 3. The van der Waals surface area contributed by atoms with Gasteiger partial charge in [0.05, 0.1) is 23.1 Å². The van der Waals surface area contributed by atoms with E-state index in [2.05, 4.69) is 15.4 Å². The second kappa shape index (κ2) is 7.50. The molecule has 0 saturated heterocycles. The van der Waals surface area contributed by atoms with E-state index in [1.807, 2.05) is 20.8 Å². The third-order valence-corrected chi connectivity index (χ3v) is 4.68. The number of aromatic nitrogens is 3. The maximum Gasteiger partial charge on any atom is 0.259 e. The summed E-state index contributed by atoms with van der Waals surface area (Å²) in [7, 11) is 0. The highest BCUT2D eigenvalue weighted by molar-refractivity contribution is 6.05. The number of oxazole rings is 1. The van der Waals surface area contributed by atoms with E-state index in [4.69, 9.17) is 4.42 Å². The van der Waals surface area contributed by atoms with Crippen LogP contribution in [0, 0.1) is 5.82 Å².